The Labute approximate surface area is 551 Å². The van der Waals surface area contributed by atoms with Gasteiger partial charge in [0, 0.05) is 87.1 Å². The van der Waals surface area contributed by atoms with Crippen molar-refractivity contribution in [3.63, 3.8) is 0 Å². The van der Waals surface area contributed by atoms with E-state index >= 15 is 0 Å². The molecule has 21 nitrogen and oxygen atoms in total. The number of piperidine rings is 2. The molecule has 0 amide bonds. The minimum absolute atomic E-state index is 0. The van der Waals surface area contributed by atoms with Crippen LogP contribution in [0.4, 0.5) is 42.4 Å². The van der Waals surface area contributed by atoms with E-state index in [1.165, 1.54) is 37.7 Å². The van der Waals surface area contributed by atoms with Crippen LogP contribution in [0.1, 0.15) is 124 Å². The highest BCUT2D eigenvalue weighted by Crippen LogP contribution is 2.49. The highest BCUT2D eigenvalue weighted by Gasteiger charge is 2.51. The van der Waals surface area contributed by atoms with Gasteiger partial charge >= 0.3 is 18.3 Å². The molecule has 0 radical (unpaired) electrons. The number of esters is 1. The normalized spacial score (nSPS) is 22.5. The van der Waals surface area contributed by atoms with E-state index < -0.39 is 63.8 Å². The molecule has 0 aromatic carbocycles. The topological polar surface area (TPSA) is 310 Å². The Kier molecular flexibility index (Phi) is 19.9. The first-order valence-electron chi connectivity index (χ1n) is 31.4. The first-order chi connectivity index (χ1) is 45.1. The number of hydrogen-bond donors (Lipinski definition) is 6. The number of fused-ring (bicyclic) bond motifs is 3. The Morgan fingerprint density at radius 1 is 0.632 bits per heavy atom. The fourth-order valence-electron chi connectivity index (χ4n) is 13.9. The zero-order chi connectivity index (χ0) is 68.4. The Balaban J connectivity index is 0.000000313. The lowest BCUT2D eigenvalue weighted by atomic mass is 9.62. The predicted molar refractivity (Wildman–Crippen MR) is 353 cm³/mol. The van der Waals surface area contributed by atoms with Crippen molar-refractivity contribution in [2.75, 3.05) is 43.1 Å². The molecule has 95 heavy (non-hydrogen) atoms. The molecular weight excluding hydrogens is 1240 g/mol. The second-order valence-corrected chi connectivity index (χ2v) is 26.1. The van der Waals surface area contributed by atoms with E-state index in [9.17, 15) is 56.3 Å². The van der Waals surface area contributed by atoms with Crippen LogP contribution in [0.3, 0.4) is 0 Å². The van der Waals surface area contributed by atoms with Gasteiger partial charge in [-0.1, -0.05) is 41.5 Å². The van der Waals surface area contributed by atoms with Crippen molar-refractivity contribution >= 4 is 50.7 Å². The molecule has 2 aliphatic heterocycles. The number of nitriles is 2. The summed E-state index contributed by atoms with van der Waals surface area (Å²) in [5.74, 6) is -0.614. The number of alkyl halides is 6. The summed E-state index contributed by atoms with van der Waals surface area (Å²) < 4.78 is 103. The Hall–Kier alpha value is -9.25. The number of nitrogens with two attached hydrogens (primary N) is 1. The van der Waals surface area contributed by atoms with Crippen LogP contribution < -0.4 is 15.5 Å². The number of β-amino-alcohol motifs (C(OH)–C–C–N with tert-alkyl or cyclic N) is 2. The largest absolute Gasteiger partial charge is 0.469 e. The summed E-state index contributed by atoms with van der Waals surface area (Å²) in [6.45, 7) is 13.4. The molecule has 2 saturated heterocycles. The molecule has 9 aromatic heterocycles. The third-order valence-corrected chi connectivity index (χ3v) is 18.0. The maximum absolute atomic E-state index is 14.6. The van der Waals surface area contributed by atoms with Gasteiger partial charge in [0.15, 0.2) is 22.8 Å². The fourth-order valence-corrected chi connectivity index (χ4v) is 13.9. The number of nitrogens with one attached hydrogen (secondary N) is 3. The molecule has 512 valence electrons. The predicted octanol–water partition coefficient (Wildman–Crippen LogP) is 13.8. The van der Waals surface area contributed by atoms with E-state index in [0.29, 0.717) is 121 Å². The molecule has 7 atom stereocenters. The molecule has 28 heteroatoms. The summed E-state index contributed by atoms with van der Waals surface area (Å²) in [6, 6.07) is 21.9. The number of carbonyl (C=O) groups is 1. The average Bonchev–Trinajstić information content (AvgIpc) is 1.71. The number of hydrogen-bond acceptors (Lipinski definition) is 18. The number of anilines is 2. The van der Waals surface area contributed by atoms with Crippen molar-refractivity contribution in [3.8, 4) is 46.3 Å². The van der Waals surface area contributed by atoms with Gasteiger partial charge in [-0.05, 0) is 142 Å². The Morgan fingerprint density at radius 2 is 1.05 bits per heavy atom. The summed E-state index contributed by atoms with van der Waals surface area (Å²) in [6.07, 6.45) is -0.660. The first kappa shape index (κ1) is 68.6. The quantitative estimate of drug-likeness (QED) is 0.0461. The van der Waals surface area contributed by atoms with E-state index in [1.54, 1.807) is 47.5 Å². The van der Waals surface area contributed by atoms with Crippen LogP contribution >= 0.6 is 0 Å². The number of aromatic amines is 3. The molecule has 9 aromatic rings. The number of methoxy groups -OCH3 is 1. The van der Waals surface area contributed by atoms with Crippen molar-refractivity contribution in [3.05, 3.63) is 114 Å². The zero-order valence-corrected chi connectivity index (χ0v) is 53.4. The number of halogens is 7. The maximum atomic E-state index is 14.6. The average molecular weight is 1330 g/mol. The Bertz CT molecular complexity index is 4330. The molecule has 0 spiro atoms. The first-order valence-corrected chi connectivity index (χ1v) is 31.4. The van der Waals surface area contributed by atoms with Crippen LogP contribution in [0.5, 0.6) is 0 Å². The number of rotatable bonds is 13. The van der Waals surface area contributed by atoms with E-state index in [0.717, 1.165) is 12.1 Å². The number of pyridine rings is 6. The summed E-state index contributed by atoms with van der Waals surface area (Å²) in [5.41, 5.74) is 3.37. The lowest BCUT2D eigenvalue weighted by molar-refractivity contribution is -0.158. The van der Waals surface area contributed by atoms with Crippen molar-refractivity contribution in [2.45, 2.75) is 128 Å². The molecule has 1 aliphatic carbocycles. The summed E-state index contributed by atoms with van der Waals surface area (Å²) in [4.78, 5) is 42.3. The van der Waals surface area contributed by atoms with Gasteiger partial charge in [-0.3, -0.25) is 25.1 Å². The van der Waals surface area contributed by atoms with Gasteiger partial charge in [0.25, 0.3) is 0 Å². The molecule has 7 N–H and O–H groups in total. The number of aliphatic hydroxyl groups is 2. The van der Waals surface area contributed by atoms with Crippen LogP contribution in [0, 0.1) is 63.5 Å². The van der Waals surface area contributed by atoms with Gasteiger partial charge in [0.1, 0.15) is 28.7 Å². The number of H-pyrrole nitrogens is 3. The van der Waals surface area contributed by atoms with E-state index in [2.05, 4.69) is 72.6 Å². The van der Waals surface area contributed by atoms with Crippen LogP contribution in [0.25, 0.3) is 67.3 Å². The van der Waals surface area contributed by atoms with E-state index in [1.807, 2.05) is 52.5 Å². The lowest BCUT2D eigenvalue weighted by Crippen LogP contribution is -2.54. The third-order valence-electron chi connectivity index (χ3n) is 18.0. The number of carbonyl (C=O) groups excluding carboxylic acids is 1. The van der Waals surface area contributed by atoms with Crippen LogP contribution in [-0.4, -0.2) is 127 Å². The molecule has 12 rings (SSSR count). The maximum Gasteiger partial charge on any atom is 0.418 e. The standard InChI is InChI=1S/C24H28F3N5O2.C22H23F3N6O.C21H23FN6O.6H2/c1-13(2)11-23(22(33)34-3)12-14(6-9-18(23)28)17-8-7-16(24(25,26)27)20(30-17)19-15-5-4-10-29-21(15)32-31-19;1-13(2)10-21(32)12-31(9-7-14(21)11-26)17-6-5-16(22(23,24)25)19(28-17)18-15-4-3-8-27-20(15)30-29-18;1-13(2)10-21(29)12-28(9-7-14(21)11-23)17-6-5-16(22)19(25-17)18-15-4-3-8-24-20(15)27-26-18;;;;;;/h4-5,7-8,10,13-14,18H,6,9,11-12,28H2,1-3H3,(H,29,31,32);3-6,8,13-14,32H,7,9-10,12H2,1-2H3,(H,27,29,30);3-6,8,13-14,29H,7,9-10,12H2,1-2H3,(H,24,26,27);6*1H. The minimum atomic E-state index is -4.62. The van der Waals surface area contributed by atoms with Gasteiger partial charge in [-0.15, -0.1) is 0 Å². The van der Waals surface area contributed by atoms with Gasteiger partial charge in [-0.25, -0.2) is 29.3 Å². The molecule has 7 unspecified atom stereocenters. The Morgan fingerprint density at radius 3 is 1.48 bits per heavy atom. The van der Waals surface area contributed by atoms with Gasteiger partial charge in [0.05, 0.1) is 75.9 Å². The smallest absolute Gasteiger partial charge is 0.418 e. The van der Waals surface area contributed by atoms with Crippen LogP contribution in [-0.2, 0) is 21.9 Å². The van der Waals surface area contributed by atoms with E-state index in [-0.39, 0.29) is 79.8 Å². The third kappa shape index (κ3) is 14.4. The van der Waals surface area contributed by atoms with E-state index in [4.69, 9.17) is 10.5 Å². The van der Waals surface area contributed by atoms with Crippen molar-refractivity contribution in [1.82, 2.24) is 60.5 Å². The van der Waals surface area contributed by atoms with Crippen LogP contribution in [0.2, 0.25) is 0 Å². The number of aromatic nitrogens is 12. The fraction of sp³-hybridized carbons (Fsp3) is 0.463. The highest BCUT2D eigenvalue weighted by molar-refractivity contribution is 5.92. The molecule has 3 aliphatic rings. The molecule has 1 saturated carbocycles. The summed E-state index contributed by atoms with van der Waals surface area (Å²) >= 11 is 0. The van der Waals surface area contributed by atoms with Crippen molar-refractivity contribution < 1.29 is 59.0 Å². The summed E-state index contributed by atoms with van der Waals surface area (Å²) in [7, 11) is 1.34. The molecular formula is C67H86F7N17O4. The highest BCUT2D eigenvalue weighted by atomic mass is 19.4. The van der Waals surface area contributed by atoms with Crippen LogP contribution in [0.15, 0.2) is 91.4 Å². The van der Waals surface area contributed by atoms with Crippen molar-refractivity contribution in [1.29, 1.82) is 10.5 Å². The molecule has 0 bridgehead atoms. The SMILES string of the molecule is CC(C)CC1(O)CN(c2ccc(C(F)(F)F)c(-c3[nH]nc4ncccc34)n2)CCC1C#N.CC(C)CC1(O)CN(c2ccc(F)c(-c3[nH]nc4ncccc34)n2)CCC1C#N.COC(=O)C1(CC(C)C)CC(c2ccc(C(F)(F)F)c(-c3[nH]nc4ncccc34)n2)CCC1N.[HH].[HH].[HH].[HH].[HH].[HH]. The van der Waals surface area contributed by atoms with Gasteiger partial charge in [0.2, 0.25) is 0 Å². The van der Waals surface area contributed by atoms with Crippen molar-refractivity contribution in [2.24, 2.45) is 40.7 Å². The minimum Gasteiger partial charge on any atom is -0.469 e. The number of ether oxygens (including phenoxy) is 1. The van der Waals surface area contributed by atoms with Gasteiger partial charge in [-0.2, -0.15) is 52.2 Å². The van der Waals surface area contributed by atoms with Gasteiger partial charge < -0.3 is 30.5 Å². The second kappa shape index (κ2) is 27.6. The number of nitrogens with zero attached hydrogens (tertiary/aromatic N) is 13. The molecule has 3 fully saturated rings. The molecule has 11 heterocycles. The second-order valence-electron chi connectivity index (χ2n) is 26.1. The summed E-state index contributed by atoms with van der Waals surface area (Å²) in [5, 5.41) is 63.3. The monoisotopic (exact) mass is 1330 g/mol. The zero-order valence-electron chi connectivity index (χ0n) is 53.4. The lowest BCUT2D eigenvalue weighted by Gasteiger charge is -2.44.